The molecule has 0 fully saturated rings. The Bertz CT molecular complexity index is 756. The molecule has 0 saturated carbocycles. The molecular weight excluding hydrogens is 286 g/mol. The molecule has 3 rings (SSSR count). The van der Waals surface area contributed by atoms with Crippen molar-refractivity contribution in [2.45, 2.75) is 20.3 Å². The van der Waals surface area contributed by atoms with Crippen molar-refractivity contribution in [3.63, 3.8) is 0 Å². The van der Waals surface area contributed by atoms with E-state index in [0.717, 1.165) is 29.8 Å². The lowest BCUT2D eigenvalue weighted by Gasteiger charge is -2.20. The van der Waals surface area contributed by atoms with Crippen LogP contribution in [0.25, 0.3) is 6.08 Å². The maximum absolute atomic E-state index is 12.4. The van der Waals surface area contributed by atoms with Gasteiger partial charge in [0.05, 0.1) is 0 Å². The number of Topliss-reactive ketones (excluding diaryl/α,β-unsaturated/α-hetero) is 1. The minimum absolute atomic E-state index is 0.0628. The summed E-state index contributed by atoms with van der Waals surface area (Å²) in [4.78, 5) is 14.7. The maximum atomic E-state index is 12.4. The van der Waals surface area contributed by atoms with Crippen LogP contribution in [0.15, 0.2) is 48.0 Å². The maximum Gasteiger partial charge on any atom is 0.189 e. The zero-order valence-electron chi connectivity index (χ0n) is 13.5. The number of aromatic hydroxyl groups is 1. The van der Waals surface area contributed by atoms with Crippen molar-refractivity contribution in [2.75, 3.05) is 18.0 Å². The predicted octanol–water partition coefficient (Wildman–Crippen LogP) is 4.06. The lowest BCUT2D eigenvalue weighted by atomic mass is 10.1. The molecule has 0 saturated heterocycles. The second kappa shape index (κ2) is 6.29. The van der Waals surface area contributed by atoms with E-state index in [4.69, 9.17) is 0 Å². The first-order valence-corrected chi connectivity index (χ1v) is 8.04. The number of ketones is 1. The number of hydrogen-bond donors (Lipinski definition) is 1. The summed E-state index contributed by atoms with van der Waals surface area (Å²) in [6, 6.07) is 13.2. The molecule has 0 radical (unpaired) electrons. The van der Waals surface area contributed by atoms with Crippen LogP contribution in [0.2, 0.25) is 0 Å². The molecule has 0 aromatic heterocycles. The fraction of sp³-hybridized carbons (Fsp3) is 0.250. The lowest BCUT2D eigenvalue weighted by Crippen LogP contribution is -2.21. The summed E-state index contributed by atoms with van der Waals surface area (Å²) in [6.45, 7) is 6.24. The van der Waals surface area contributed by atoms with Gasteiger partial charge in [0.25, 0.3) is 0 Å². The van der Waals surface area contributed by atoms with Gasteiger partial charge in [-0.2, -0.15) is 0 Å². The highest BCUT2D eigenvalue weighted by atomic mass is 16.3. The Morgan fingerprint density at radius 3 is 2.43 bits per heavy atom. The van der Waals surface area contributed by atoms with Crippen LogP contribution in [0, 0.1) is 0 Å². The first kappa shape index (κ1) is 15.3. The van der Waals surface area contributed by atoms with E-state index in [1.807, 2.05) is 18.2 Å². The van der Waals surface area contributed by atoms with Crippen LogP contribution in [-0.2, 0) is 6.42 Å². The summed E-state index contributed by atoms with van der Waals surface area (Å²) in [7, 11) is 0. The molecule has 118 valence electrons. The third kappa shape index (κ3) is 3.00. The van der Waals surface area contributed by atoms with Crippen LogP contribution < -0.4 is 4.90 Å². The average Bonchev–Trinajstić information content (AvgIpc) is 2.85. The second-order valence-corrected chi connectivity index (χ2v) is 5.78. The van der Waals surface area contributed by atoms with Gasteiger partial charge in [-0.15, -0.1) is 0 Å². The number of phenolic OH excluding ortho intramolecular Hbond substituents is 1. The minimum Gasteiger partial charge on any atom is -0.508 e. The van der Waals surface area contributed by atoms with Gasteiger partial charge >= 0.3 is 0 Å². The highest BCUT2D eigenvalue weighted by Crippen LogP contribution is 2.30. The van der Waals surface area contributed by atoms with Crippen LogP contribution in [0.3, 0.4) is 0 Å². The van der Waals surface area contributed by atoms with Crippen molar-refractivity contribution in [3.8, 4) is 5.75 Å². The van der Waals surface area contributed by atoms with Crippen molar-refractivity contribution < 1.29 is 9.90 Å². The van der Waals surface area contributed by atoms with Crippen molar-refractivity contribution in [1.82, 2.24) is 0 Å². The van der Waals surface area contributed by atoms with Gasteiger partial charge in [0.1, 0.15) is 5.75 Å². The molecule has 1 N–H and O–H groups in total. The van der Waals surface area contributed by atoms with Crippen molar-refractivity contribution in [2.24, 2.45) is 0 Å². The van der Waals surface area contributed by atoms with Gasteiger partial charge in [0.2, 0.25) is 0 Å². The van der Waals surface area contributed by atoms with E-state index < -0.39 is 0 Å². The second-order valence-electron chi connectivity index (χ2n) is 5.78. The highest BCUT2D eigenvalue weighted by molar-refractivity contribution is 6.15. The molecule has 0 heterocycles. The standard InChI is InChI=1S/C20H21NO2/c1-3-21(4-2)17-7-5-14(6-8-17)11-16-12-15-13-18(22)9-10-19(15)20(16)23/h5-11,13,22H,3-4,12H2,1-2H3/b16-11+. The molecule has 23 heavy (non-hydrogen) atoms. The predicted molar refractivity (Wildman–Crippen MR) is 94.1 cm³/mol. The van der Waals surface area contributed by atoms with Gasteiger partial charge in [-0.3, -0.25) is 4.79 Å². The van der Waals surface area contributed by atoms with Crippen molar-refractivity contribution in [1.29, 1.82) is 0 Å². The molecule has 0 bridgehead atoms. The Balaban J connectivity index is 1.84. The van der Waals surface area contributed by atoms with Crippen molar-refractivity contribution in [3.05, 3.63) is 64.7 Å². The van der Waals surface area contributed by atoms with E-state index in [1.54, 1.807) is 18.2 Å². The normalized spacial score (nSPS) is 15.0. The van der Waals surface area contributed by atoms with Crippen LogP contribution >= 0.6 is 0 Å². The van der Waals surface area contributed by atoms with Gasteiger partial charge in [-0.05, 0) is 61.4 Å². The molecule has 3 nitrogen and oxygen atoms in total. The van der Waals surface area contributed by atoms with Gasteiger partial charge in [-0.1, -0.05) is 12.1 Å². The molecule has 1 aliphatic rings. The van der Waals surface area contributed by atoms with E-state index >= 15 is 0 Å². The van der Waals surface area contributed by atoms with Crippen molar-refractivity contribution >= 4 is 17.5 Å². The molecule has 0 aliphatic heterocycles. The number of carbonyl (C=O) groups is 1. The Hall–Kier alpha value is -2.55. The van der Waals surface area contributed by atoms with Gasteiger partial charge < -0.3 is 10.0 Å². The Kier molecular flexibility index (Phi) is 4.20. The quantitative estimate of drug-likeness (QED) is 0.866. The Morgan fingerprint density at radius 2 is 1.78 bits per heavy atom. The van der Waals surface area contributed by atoms with E-state index in [2.05, 4.69) is 30.9 Å². The molecule has 2 aromatic carbocycles. The topological polar surface area (TPSA) is 40.5 Å². The van der Waals surface area contributed by atoms with Gasteiger partial charge in [0.15, 0.2) is 5.78 Å². The molecule has 2 aromatic rings. The molecule has 0 spiro atoms. The summed E-state index contributed by atoms with van der Waals surface area (Å²) >= 11 is 0. The monoisotopic (exact) mass is 307 g/mol. The highest BCUT2D eigenvalue weighted by Gasteiger charge is 2.24. The van der Waals surface area contributed by atoms with Gasteiger partial charge in [0, 0.05) is 36.3 Å². The third-order valence-corrected chi connectivity index (χ3v) is 4.37. The van der Waals surface area contributed by atoms with Crippen LogP contribution in [0.5, 0.6) is 5.75 Å². The summed E-state index contributed by atoms with van der Waals surface area (Å²) < 4.78 is 0. The fourth-order valence-electron chi connectivity index (χ4n) is 3.09. The number of nitrogens with zero attached hydrogens (tertiary/aromatic N) is 1. The lowest BCUT2D eigenvalue weighted by molar-refractivity contribution is 0.104. The summed E-state index contributed by atoms with van der Waals surface area (Å²) in [5.41, 5.74) is 4.61. The zero-order valence-corrected chi connectivity index (χ0v) is 13.5. The number of carbonyl (C=O) groups excluding carboxylic acids is 1. The first-order chi connectivity index (χ1) is 11.1. The number of anilines is 1. The van der Waals surface area contributed by atoms with Crippen LogP contribution in [-0.4, -0.2) is 24.0 Å². The molecule has 0 atom stereocenters. The Morgan fingerprint density at radius 1 is 1.09 bits per heavy atom. The largest absolute Gasteiger partial charge is 0.508 e. The van der Waals surface area contributed by atoms with E-state index in [9.17, 15) is 9.90 Å². The number of hydrogen-bond acceptors (Lipinski definition) is 3. The van der Waals surface area contributed by atoms with E-state index in [0.29, 0.717) is 12.0 Å². The number of phenols is 1. The molecule has 3 heteroatoms. The van der Waals surface area contributed by atoms with E-state index in [-0.39, 0.29) is 11.5 Å². The number of fused-ring (bicyclic) bond motifs is 1. The van der Waals surface area contributed by atoms with Crippen LogP contribution in [0.1, 0.15) is 35.3 Å². The van der Waals surface area contributed by atoms with Gasteiger partial charge in [-0.25, -0.2) is 0 Å². The number of benzene rings is 2. The molecule has 0 unspecified atom stereocenters. The average molecular weight is 307 g/mol. The van der Waals surface area contributed by atoms with Crippen LogP contribution in [0.4, 0.5) is 5.69 Å². The number of allylic oxidation sites excluding steroid dienone is 1. The number of rotatable bonds is 4. The summed E-state index contributed by atoms with van der Waals surface area (Å²) in [5.74, 6) is 0.272. The first-order valence-electron chi connectivity index (χ1n) is 8.04. The summed E-state index contributed by atoms with van der Waals surface area (Å²) in [5, 5.41) is 9.55. The SMILES string of the molecule is CCN(CC)c1ccc(/C=C2\Cc3cc(O)ccc3C2=O)cc1. The third-order valence-electron chi connectivity index (χ3n) is 4.37. The molecule has 1 aliphatic carbocycles. The minimum atomic E-state index is 0.0628. The van der Waals surface area contributed by atoms with E-state index in [1.165, 1.54) is 5.69 Å². The molecule has 0 amide bonds. The zero-order chi connectivity index (χ0) is 16.4. The molecular formula is C20H21NO2. The Labute approximate surface area is 136 Å². The summed E-state index contributed by atoms with van der Waals surface area (Å²) in [6.07, 6.45) is 2.53. The fourth-order valence-corrected chi connectivity index (χ4v) is 3.09. The smallest absolute Gasteiger partial charge is 0.189 e.